The Bertz CT molecular complexity index is 971. The molecule has 166 valence electrons. The van der Waals surface area contributed by atoms with E-state index in [0.29, 0.717) is 24.3 Å². The van der Waals surface area contributed by atoms with E-state index in [-0.39, 0.29) is 23.3 Å². The highest BCUT2D eigenvalue weighted by atomic mass is 19.1. The van der Waals surface area contributed by atoms with Crippen LogP contribution in [0.1, 0.15) is 64.4 Å². The number of halogens is 1. The molecule has 0 amide bonds. The van der Waals surface area contributed by atoms with E-state index in [4.69, 9.17) is 9.47 Å². The van der Waals surface area contributed by atoms with E-state index < -0.39 is 23.3 Å². The van der Waals surface area contributed by atoms with Gasteiger partial charge in [-0.2, -0.15) is 0 Å². The standard InChI is InChI=1S/C24H27FO6/c1-3-4-9-30-21-13-15(12-18(25)22(21)24(28)29)11-16-6-8-19(16)31-20-10-14(2)5-7-17(20)23(26)27/h5,7,10,12-13,16,19H,3-4,6,8-9,11H2,1-2H3,(H,26,27)(H,28,29). The Hall–Kier alpha value is -3.09. The molecule has 2 atom stereocenters. The molecule has 0 heterocycles. The number of ether oxygens (including phenoxy) is 2. The van der Waals surface area contributed by atoms with Gasteiger partial charge in [0, 0.05) is 0 Å². The van der Waals surface area contributed by atoms with Gasteiger partial charge in [-0.25, -0.2) is 14.0 Å². The zero-order valence-corrected chi connectivity index (χ0v) is 17.7. The van der Waals surface area contributed by atoms with Crippen molar-refractivity contribution in [2.24, 2.45) is 5.92 Å². The summed E-state index contributed by atoms with van der Waals surface area (Å²) >= 11 is 0. The summed E-state index contributed by atoms with van der Waals surface area (Å²) < 4.78 is 26.1. The van der Waals surface area contributed by atoms with Crippen molar-refractivity contribution in [1.82, 2.24) is 0 Å². The van der Waals surface area contributed by atoms with E-state index in [2.05, 4.69) is 0 Å². The van der Waals surface area contributed by atoms with Crippen LogP contribution in [0.25, 0.3) is 0 Å². The first-order valence-corrected chi connectivity index (χ1v) is 10.5. The molecule has 7 heteroatoms. The first-order valence-electron chi connectivity index (χ1n) is 10.5. The van der Waals surface area contributed by atoms with E-state index in [1.165, 1.54) is 12.1 Å². The van der Waals surface area contributed by atoms with E-state index in [0.717, 1.165) is 31.2 Å². The van der Waals surface area contributed by atoms with Gasteiger partial charge in [-0.1, -0.05) is 19.4 Å². The number of benzene rings is 2. The number of carboxylic acids is 2. The summed E-state index contributed by atoms with van der Waals surface area (Å²) in [4.78, 5) is 22.9. The maximum absolute atomic E-state index is 14.5. The molecule has 0 saturated heterocycles. The van der Waals surface area contributed by atoms with E-state index in [9.17, 15) is 24.2 Å². The molecule has 0 bridgehead atoms. The number of rotatable bonds is 10. The quantitative estimate of drug-likeness (QED) is 0.509. The van der Waals surface area contributed by atoms with Crippen LogP contribution in [0.2, 0.25) is 0 Å². The third-order valence-electron chi connectivity index (χ3n) is 5.57. The van der Waals surface area contributed by atoms with Crippen molar-refractivity contribution in [3.05, 3.63) is 58.4 Å². The summed E-state index contributed by atoms with van der Waals surface area (Å²) in [5.41, 5.74) is 1.19. The Morgan fingerprint density at radius 3 is 2.48 bits per heavy atom. The third kappa shape index (κ3) is 5.34. The minimum Gasteiger partial charge on any atom is -0.493 e. The van der Waals surface area contributed by atoms with Crippen molar-refractivity contribution >= 4 is 11.9 Å². The minimum atomic E-state index is -1.36. The number of aryl methyl sites for hydroxylation is 1. The van der Waals surface area contributed by atoms with Crippen molar-refractivity contribution in [2.45, 2.75) is 52.1 Å². The lowest BCUT2D eigenvalue weighted by molar-refractivity contribution is 0.0438. The molecule has 1 fully saturated rings. The Morgan fingerprint density at radius 1 is 1.10 bits per heavy atom. The van der Waals surface area contributed by atoms with Gasteiger partial charge in [0.05, 0.1) is 6.61 Å². The molecule has 2 N–H and O–H groups in total. The van der Waals surface area contributed by atoms with Gasteiger partial charge in [0.25, 0.3) is 0 Å². The zero-order chi connectivity index (χ0) is 22.5. The summed E-state index contributed by atoms with van der Waals surface area (Å²) in [6, 6.07) is 7.79. The SMILES string of the molecule is CCCCOc1cc(CC2CCC2Oc2cc(C)ccc2C(=O)O)cc(F)c1C(=O)O. The van der Waals surface area contributed by atoms with Crippen molar-refractivity contribution < 1.29 is 33.7 Å². The van der Waals surface area contributed by atoms with E-state index >= 15 is 0 Å². The summed E-state index contributed by atoms with van der Waals surface area (Å²) in [6.45, 7) is 4.17. The molecule has 2 aromatic rings. The van der Waals surface area contributed by atoms with Gasteiger partial charge < -0.3 is 19.7 Å². The van der Waals surface area contributed by atoms with Gasteiger partial charge in [-0.3, -0.25) is 0 Å². The number of carbonyl (C=O) groups is 2. The molecule has 0 spiro atoms. The maximum Gasteiger partial charge on any atom is 0.342 e. The van der Waals surface area contributed by atoms with Crippen molar-refractivity contribution in [2.75, 3.05) is 6.61 Å². The number of hydrogen-bond donors (Lipinski definition) is 2. The van der Waals surface area contributed by atoms with Crippen LogP contribution < -0.4 is 9.47 Å². The maximum atomic E-state index is 14.5. The first kappa shape index (κ1) is 22.6. The molecule has 6 nitrogen and oxygen atoms in total. The predicted octanol–water partition coefficient (Wildman–Crippen LogP) is 5.11. The van der Waals surface area contributed by atoms with Gasteiger partial charge in [-0.15, -0.1) is 0 Å². The van der Waals surface area contributed by atoms with E-state index in [1.54, 1.807) is 18.2 Å². The number of unbranched alkanes of at least 4 members (excludes halogenated alkanes) is 1. The van der Waals surface area contributed by atoms with Crippen molar-refractivity contribution in [3.63, 3.8) is 0 Å². The largest absolute Gasteiger partial charge is 0.493 e. The Balaban J connectivity index is 1.76. The summed E-state index contributed by atoms with van der Waals surface area (Å²) in [5, 5.41) is 18.7. The molecule has 3 rings (SSSR count). The zero-order valence-electron chi connectivity index (χ0n) is 17.7. The fourth-order valence-corrected chi connectivity index (χ4v) is 3.70. The lowest BCUT2D eigenvalue weighted by Gasteiger charge is -2.37. The summed E-state index contributed by atoms with van der Waals surface area (Å²) in [6.07, 6.45) is 3.54. The number of carboxylic acid groups (broad SMARTS) is 2. The fourth-order valence-electron chi connectivity index (χ4n) is 3.70. The molecule has 1 aliphatic carbocycles. The van der Waals surface area contributed by atoms with Crippen LogP contribution in [0.15, 0.2) is 30.3 Å². The highest BCUT2D eigenvalue weighted by Gasteiger charge is 2.34. The second-order valence-corrected chi connectivity index (χ2v) is 7.96. The first-order chi connectivity index (χ1) is 14.8. The highest BCUT2D eigenvalue weighted by molar-refractivity contribution is 5.91. The predicted molar refractivity (Wildman–Crippen MR) is 113 cm³/mol. The van der Waals surface area contributed by atoms with E-state index in [1.807, 2.05) is 13.8 Å². The smallest absolute Gasteiger partial charge is 0.342 e. The fraction of sp³-hybridized carbons (Fsp3) is 0.417. The minimum absolute atomic E-state index is 0.0413. The Kier molecular flexibility index (Phi) is 7.15. The Labute approximate surface area is 180 Å². The lowest BCUT2D eigenvalue weighted by Crippen LogP contribution is -2.38. The lowest BCUT2D eigenvalue weighted by atomic mass is 9.77. The molecule has 0 aromatic heterocycles. The molecule has 1 aliphatic rings. The second-order valence-electron chi connectivity index (χ2n) is 7.96. The average Bonchev–Trinajstić information content (AvgIpc) is 2.69. The van der Waals surface area contributed by atoms with Crippen molar-refractivity contribution in [3.8, 4) is 11.5 Å². The third-order valence-corrected chi connectivity index (χ3v) is 5.57. The highest BCUT2D eigenvalue weighted by Crippen LogP contribution is 2.37. The van der Waals surface area contributed by atoms with Gasteiger partial charge in [-0.05, 0) is 73.9 Å². The van der Waals surface area contributed by atoms with Crippen LogP contribution >= 0.6 is 0 Å². The van der Waals surface area contributed by atoms with Gasteiger partial charge >= 0.3 is 11.9 Å². The number of hydrogen-bond acceptors (Lipinski definition) is 4. The molecule has 0 radical (unpaired) electrons. The Morgan fingerprint density at radius 2 is 1.87 bits per heavy atom. The molecule has 2 aromatic carbocycles. The van der Waals surface area contributed by atoms with Crippen LogP contribution in [-0.2, 0) is 6.42 Å². The van der Waals surface area contributed by atoms with Crippen molar-refractivity contribution in [1.29, 1.82) is 0 Å². The number of aromatic carboxylic acids is 2. The van der Waals surface area contributed by atoms with Gasteiger partial charge in [0.15, 0.2) is 0 Å². The van der Waals surface area contributed by atoms with Gasteiger partial charge in [0.1, 0.15) is 34.5 Å². The van der Waals surface area contributed by atoms with Crippen LogP contribution in [0, 0.1) is 18.7 Å². The second kappa shape index (κ2) is 9.81. The van der Waals surface area contributed by atoms with Crippen LogP contribution in [0.4, 0.5) is 4.39 Å². The summed E-state index contributed by atoms with van der Waals surface area (Å²) in [5.74, 6) is -2.79. The average molecular weight is 430 g/mol. The van der Waals surface area contributed by atoms with Crippen LogP contribution in [0.5, 0.6) is 11.5 Å². The molecule has 31 heavy (non-hydrogen) atoms. The molecular weight excluding hydrogens is 403 g/mol. The van der Waals surface area contributed by atoms with Gasteiger partial charge in [0.2, 0.25) is 0 Å². The molecular formula is C24H27FO6. The molecule has 0 aliphatic heterocycles. The van der Waals surface area contributed by atoms with Crippen LogP contribution in [0.3, 0.4) is 0 Å². The normalized spacial score (nSPS) is 17.6. The summed E-state index contributed by atoms with van der Waals surface area (Å²) in [7, 11) is 0. The topological polar surface area (TPSA) is 93.1 Å². The monoisotopic (exact) mass is 430 g/mol. The van der Waals surface area contributed by atoms with Crippen LogP contribution in [-0.4, -0.2) is 34.9 Å². The molecule has 1 saturated carbocycles. The molecule has 2 unspecified atom stereocenters.